The molecule has 0 heterocycles. The molecule has 0 spiro atoms. The fourth-order valence-electron chi connectivity index (χ4n) is 2.06. The summed E-state index contributed by atoms with van der Waals surface area (Å²) in [6.45, 7) is 6.11. The third-order valence-electron chi connectivity index (χ3n) is 3.71. The largest absolute Gasteiger partial charge is 0.461 e. The van der Waals surface area contributed by atoms with Crippen LogP contribution in [0.2, 0.25) is 0 Å². The molecule has 0 fully saturated rings. The molecule has 0 aliphatic heterocycles. The maximum Gasteiger partial charge on any atom is 0.379 e. The summed E-state index contributed by atoms with van der Waals surface area (Å²) < 4.78 is 62.3. The topological polar surface area (TPSA) is 98.5 Å². The highest BCUT2D eigenvalue weighted by atomic mass is 32.2. The van der Waals surface area contributed by atoms with Crippen LogP contribution < -0.4 is 4.72 Å². The number of nitrogens with zero attached hydrogens (tertiary/aromatic N) is 1. The lowest BCUT2D eigenvalue weighted by atomic mass is 9.85. The second kappa shape index (κ2) is 7.93. The molecule has 2 unspecified atom stereocenters. The molecule has 0 aliphatic rings. The predicted octanol–water partition coefficient (Wildman–Crippen LogP) is 3.20. The summed E-state index contributed by atoms with van der Waals surface area (Å²) in [6, 6.07) is 2.01. The second-order valence-electron chi connectivity index (χ2n) is 6.82. The average Bonchev–Trinajstić information content (AvgIpc) is 2.53. The van der Waals surface area contributed by atoms with E-state index in [1.54, 1.807) is 0 Å². The number of hydrogen-bond acceptors (Lipinski definition) is 5. The van der Waals surface area contributed by atoms with Gasteiger partial charge < -0.3 is 4.74 Å². The Morgan fingerprint density at radius 3 is 2.30 bits per heavy atom. The molecule has 152 valence electrons. The third-order valence-corrected chi connectivity index (χ3v) is 5.42. The van der Waals surface area contributed by atoms with E-state index in [2.05, 4.69) is 9.46 Å². The molecule has 0 radical (unpaired) electrons. The minimum Gasteiger partial charge on any atom is -0.461 e. The number of carbonyl (C=O) groups is 1. The number of ether oxygens (including phenoxy) is 1. The van der Waals surface area contributed by atoms with E-state index in [4.69, 9.17) is 0 Å². The fraction of sp³-hybridized carbons (Fsp3) is 0.562. The van der Waals surface area contributed by atoms with Gasteiger partial charge in [-0.3, -0.25) is 10.1 Å². The molecule has 1 N–H and O–H groups in total. The Morgan fingerprint density at radius 2 is 1.85 bits per heavy atom. The lowest BCUT2D eigenvalue weighted by Gasteiger charge is -2.38. The van der Waals surface area contributed by atoms with E-state index in [-0.39, 0.29) is 6.61 Å². The van der Waals surface area contributed by atoms with Crippen molar-refractivity contribution in [3.8, 4) is 0 Å². The molecule has 0 saturated heterocycles. The van der Waals surface area contributed by atoms with Crippen molar-refractivity contribution in [1.29, 1.82) is 0 Å². The molecular weight excluding hydrogens is 389 g/mol. The van der Waals surface area contributed by atoms with Gasteiger partial charge in [-0.1, -0.05) is 0 Å². The van der Waals surface area contributed by atoms with Crippen molar-refractivity contribution in [1.82, 2.24) is 4.72 Å². The van der Waals surface area contributed by atoms with E-state index in [1.165, 1.54) is 27.7 Å². The van der Waals surface area contributed by atoms with E-state index in [0.29, 0.717) is 12.1 Å². The summed E-state index contributed by atoms with van der Waals surface area (Å²) in [5.74, 6) is -7.60. The van der Waals surface area contributed by atoms with E-state index in [9.17, 15) is 32.3 Å². The number of benzene rings is 1. The quantitative estimate of drug-likeness (QED) is 0.423. The van der Waals surface area contributed by atoms with Gasteiger partial charge in [0.15, 0.2) is 0 Å². The number of carbonyl (C=O) groups excluding carboxylic acids is 1. The van der Waals surface area contributed by atoms with Gasteiger partial charge in [-0.2, -0.15) is 8.78 Å². The van der Waals surface area contributed by atoms with E-state index in [1.807, 2.05) is 0 Å². The van der Waals surface area contributed by atoms with Crippen LogP contribution in [0.25, 0.3) is 0 Å². The number of hydrogen-bond donors (Lipinski definition) is 1. The van der Waals surface area contributed by atoms with Gasteiger partial charge in [-0.15, -0.1) is 0 Å². The Balaban J connectivity index is 3.70. The minimum absolute atomic E-state index is 0.371. The van der Waals surface area contributed by atoms with Crippen molar-refractivity contribution in [2.75, 3.05) is 6.61 Å². The van der Waals surface area contributed by atoms with Gasteiger partial charge in [0.2, 0.25) is 0 Å². The Morgan fingerprint density at radius 1 is 1.30 bits per heavy atom. The fourth-order valence-corrected chi connectivity index (χ4v) is 2.98. The molecule has 7 nitrogen and oxygen atoms in total. The van der Waals surface area contributed by atoms with Crippen LogP contribution in [0.15, 0.2) is 18.2 Å². The summed E-state index contributed by atoms with van der Waals surface area (Å²) in [4.78, 5) is 22.0. The predicted molar refractivity (Wildman–Crippen MR) is 93.0 cm³/mol. The zero-order valence-electron chi connectivity index (χ0n) is 15.5. The maximum absolute atomic E-state index is 15.0. The first-order valence-corrected chi connectivity index (χ1v) is 9.02. The molecule has 0 saturated carbocycles. The summed E-state index contributed by atoms with van der Waals surface area (Å²) in [6.07, 6.45) is 0. The normalized spacial score (nSPS) is 15.7. The Hall–Kier alpha value is -2.01. The van der Waals surface area contributed by atoms with Gasteiger partial charge in [0, 0.05) is 17.7 Å². The van der Waals surface area contributed by atoms with E-state index < -0.39 is 55.2 Å². The van der Waals surface area contributed by atoms with Crippen molar-refractivity contribution in [3.05, 3.63) is 39.7 Å². The summed E-state index contributed by atoms with van der Waals surface area (Å²) in [7, 11) is -2.17. The van der Waals surface area contributed by atoms with E-state index >= 15 is 0 Å². The molecular formula is C16H21F3N2O5S. The SMILES string of the molecule is CCOC(=O)C(F)(F)C(C)(NS(=O)C(C)(C)C)c1cc([N+](=O)[O-])ccc1F. The second-order valence-corrected chi connectivity index (χ2v) is 8.79. The summed E-state index contributed by atoms with van der Waals surface area (Å²) >= 11 is 0. The highest BCUT2D eigenvalue weighted by Gasteiger charge is 2.61. The van der Waals surface area contributed by atoms with Crippen LogP contribution in [0.4, 0.5) is 18.9 Å². The van der Waals surface area contributed by atoms with Gasteiger partial charge in [0.1, 0.15) is 11.4 Å². The number of rotatable bonds is 7. The number of nitro groups is 1. The molecule has 1 aromatic rings. The third kappa shape index (κ3) is 4.64. The zero-order valence-corrected chi connectivity index (χ0v) is 16.3. The molecule has 1 aromatic carbocycles. The minimum atomic E-state index is -4.39. The van der Waals surface area contributed by atoms with Gasteiger partial charge in [-0.05, 0) is 40.7 Å². The first kappa shape index (κ1) is 23.0. The van der Waals surface area contributed by atoms with Crippen LogP contribution in [-0.4, -0.2) is 32.4 Å². The van der Waals surface area contributed by atoms with Crippen LogP contribution in [0.3, 0.4) is 0 Å². The smallest absolute Gasteiger partial charge is 0.379 e. The Labute approximate surface area is 157 Å². The van der Waals surface area contributed by atoms with Crippen LogP contribution in [0.5, 0.6) is 0 Å². The molecule has 0 aromatic heterocycles. The molecule has 2 atom stereocenters. The summed E-state index contributed by atoms with van der Waals surface area (Å²) in [5.41, 5.74) is -4.43. The van der Waals surface area contributed by atoms with Crippen molar-refractivity contribution < 1.29 is 31.8 Å². The Bertz CT molecular complexity index is 767. The molecule has 0 amide bonds. The van der Waals surface area contributed by atoms with Gasteiger partial charge in [-0.25, -0.2) is 18.1 Å². The van der Waals surface area contributed by atoms with Crippen molar-refractivity contribution in [2.24, 2.45) is 0 Å². The van der Waals surface area contributed by atoms with Crippen LogP contribution in [0, 0.1) is 15.9 Å². The lowest BCUT2D eigenvalue weighted by molar-refractivity contribution is -0.385. The number of halogens is 3. The monoisotopic (exact) mass is 410 g/mol. The number of alkyl halides is 2. The van der Waals surface area contributed by atoms with Gasteiger partial charge in [0.05, 0.1) is 27.3 Å². The van der Waals surface area contributed by atoms with E-state index in [0.717, 1.165) is 13.0 Å². The van der Waals surface area contributed by atoms with Crippen molar-refractivity contribution >= 4 is 22.6 Å². The highest BCUT2D eigenvalue weighted by molar-refractivity contribution is 7.84. The Kier molecular flexibility index (Phi) is 6.76. The molecule has 11 heteroatoms. The van der Waals surface area contributed by atoms with Gasteiger partial charge >= 0.3 is 11.9 Å². The molecule has 1 rings (SSSR count). The molecule has 27 heavy (non-hydrogen) atoms. The maximum atomic E-state index is 15.0. The zero-order chi connectivity index (χ0) is 21.2. The average molecular weight is 410 g/mol. The van der Waals surface area contributed by atoms with Gasteiger partial charge in [0.25, 0.3) is 5.69 Å². The number of nitro benzene ring substituents is 1. The lowest BCUT2D eigenvalue weighted by Crippen LogP contribution is -2.60. The number of nitrogens with one attached hydrogen (secondary N) is 1. The van der Waals surface area contributed by atoms with Crippen molar-refractivity contribution in [2.45, 2.75) is 50.8 Å². The molecule has 0 bridgehead atoms. The van der Waals surface area contributed by atoms with Crippen LogP contribution in [-0.2, 0) is 26.1 Å². The van der Waals surface area contributed by atoms with Crippen LogP contribution in [0.1, 0.15) is 40.2 Å². The highest BCUT2D eigenvalue weighted by Crippen LogP contribution is 2.41. The number of esters is 1. The first-order chi connectivity index (χ1) is 12.2. The standard InChI is InChI=1S/C16H21F3N2O5S/c1-6-26-13(22)16(18,19)15(5,20-27(25)14(2,3)4)11-9-10(21(23)24)7-8-12(11)17/h7-9,20H,6H2,1-5H3. The van der Waals surface area contributed by atoms with Crippen molar-refractivity contribution in [3.63, 3.8) is 0 Å². The number of non-ortho nitro benzene ring substituents is 1. The molecule has 0 aliphatic carbocycles. The first-order valence-electron chi connectivity index (χ1n) is 7.87. The summed E-state index contributed by atoms with van der Waals surface area (Å²) in [5, 5.41) is 11.0. The van der Waals surface area contributed by atoms with Crippen LogP contribution >= 0.6 is 0 Å².